The number of hydrogen-bond acceptors (Lipinski definition) is 11. The Balaban J connectivity index is 1.17. The topological polar surface area (TPSA) is 127 Å². The van der Waals surface area contributed by atoms with Gasteiger partial charge in [0.05, 0.1) is 38.1 Å². The molecule has 2 heterocycles. The van der Waals surface area contributed by atoms with Crippen molar-refractivity contribution in [3.05, 3.63) is 59.6 Å². The summed E-state index contributed by atoms with van der Waals surface area (Å²) < 4.78 is 16.4. The molecule has 3 aromatic carbocycles. The molecule has 1 aliphatic carbocycles. The van der Waals surface area contributed by atoms with Gasteiger partial charge in [0.15, 0.2) is 0 Å². The lowest BCUT2D eigenvalue weighted by atomic mass is 9.96. The van der Waals surface area contributed by atoms with Crippen LogP contribution in [0, 0.1) is 0 Å². The highest BCUT2D eigenvalue weighted by Gasteiger charge is 2.16. The van der Waals surface area contributed by atoms with Crippen LogP contribution < -0.4 is 35.5 Å². The van der Waals surface area contributed by atoms with E-state index >= 15 is 0 Å². The van der Waals surface area contributed by atoms with Crippen molar-refractivity contribution in [1.82, 2.24) is 19.9 Å². The third-order valence-corrected chi connectivity index (χ3v) is 8.30. The van der Waals surface area contributed by atoms with Crippen LogP contribution in [0.15, 0.2) is 54.6 Å². The number of pyridine rings is 1. The number of nitrogens with one attached hydrogen (secondary N) is 4. The highest BCUT2D eigenvalue weighted by Crippen LogP contribution is 2.34. The van der Waals surface area contributed by atoms with Crippen molar-refractivity contribution in [1.29, 1.82) is 0 Å². The molecule has 0 saturated heterocycles. The molecule has 12 heteroatoms. The predicted octanol–water partition coefficient (Wildman–Crippen LogP) is 7.65. The number of methoxy groups -OCH3 is 3. The smallest absolute Gasteiger partial charge is 0.233 e. The molecule has 240 valence electrons. The van der Waals surface area contributed by atoms with Crippen LogP contribution in [0.1, 0.15) is 38.5 Å². The van der Waals surface area contributed by atoms with Crippen LogP contribution >= 0.6 is 11.6 Å². The van der Waals surface area contributed by atoms with E-state index in [4.69, 9.17) is 40.8 Å². The molecule has 0 bridgehead atoms. The summed E-state index contributed by atoms with van der Waals surface area (Å²) in [5.41, 5.74) is 3.45. The second-order valence-corrected chi connectivity index (χ2v) is 11.7. The van der Waals surface area contributed by atoms with Gasteiger partial charge in [-0.15, -0.1) is 0 Å². The maximum atomic E-state index is 6.30. The Labute approximate surface area is 273 Å². The highest BCUT2D eigenvalue weighted by atomic mass is 35.5. The summed E-state index contributed by atoms with van der Waals surface area (Å²) >= 11 is 6.30. The van der Waals surface area contributed by atoms with Crippen LogP contribution in [-0.4, -0.2) is 60.4 Å². The SMILES string of the molecule is COc1cc(Nc2nc(NCCCNc3c4ccc(Cl)cc4nc4ccc(OC)cc34)nc(NC3CCCCC3)n2)cc(OC)c1. The Hall–Kier alpha value is -4.77. The van der Waals surface area contributed by atoms with Crippen LogP contribution in [0.5, 0.6) is 17.2 Å². The first kappa shape index (κ1) is 31.2. The normalized spacial score (nSPS) is 13.4. The largest absolute Gasteiger partial charge is 0.497 e. The zero-order valence-corrected chi connectivity index (χ0v) is 27.1. The van der Waals surface area contributed by atoms with Gasteiger partial charge in [-0.05, 0) is 55.7 Å². The fraction of sp³-hybridized carbons (Fsp3) is 0.353. The first-order chi connectivity index (χ1) is 22.5. The lowest BCUT2D eigenvalue weighted by Gasteiger charge is -2.23. The van der Waals surface area contributed by atoms with Gasteiger partial charge in [-0.3, -0.25) is 0 Å². The molecule has 1 fully saturated rings. The number of ether oxygens (including phenoxy) is 3. The zero-order valence-electron chi connectivity index (χ0n) is 26.3. The Morgan fingerprint density at radius 2 is 1.39 bits per heavy atom. The Morgan fingerprint density at radius 3 is 2.15 bits per heavy atom. The summed E-state index contributed by atoms with van der Waals surface area (Å²) in [7, 11) is 4.91. The molecule has 0 radical (unpaired) electrons. The van der Waals surface area contributed by atoms with Crippen molar-refractivity contribution in [2.24, 2.45) is 0 Å². The molecule has 0 aliphatic heterocycles. The number of nitrogens with zero attached hydrogens (tertiary/aromatic N) is 4. The first-order valence-corrected chi connectivity index (χ1v) is 16.0. The van der Waals surface area contributed by atoms with Crippen LogP contribution in [0.3, 0.4) is 0 Å². The second-order valence-electron chi connectivity index (χ2n) is 11.3. The maximum Gasteiger partial charge on any atom is 0.233 e. The lowest BCUT2D eigenvalue weighted by Crippen LogP contribution is -2.24. The van der Waals surface area contributed by atoms with Crippen molar-refractivity contribution in [2.45, 2.75) is 44.6 Å². The number of rotatable bonds is 13. The minimum absolute atomic E-state index is 0.344. The molecule has 0 atom stereocenters. The number of anilines is 5. The number of aromatic nitrogens is 4. The van der Waals surface area contributed by atoms with Gasteiger partial charge in [0.25, 0.3) is 0 Å². The molecule has 6 rings (SSSR count). The molecule has 0 amide bonds. The fourth-order valence-electron chi connectivity index (χ4n) is 5.73. The lowest BCUT2D eigenvalue weighted by molar-refractivity contribution is 0.395. The van der Waals surface area contributed by atoms with Crippen molar-refractivity contribution in [3.8, 4) is 17.2 Å². The molecule has 4 N–H and O–H groups in total. The Kier molecular flexibility index (Phi) is 9.88. The van der Waals surface area contributed by atoms with E-state index in [1.165, 1.54) is 19.3 Å². The first-order valence-electron chi connectivity index (χ1n) is 15.6. The van der Waals surface area contributed by atoms with Gasteiger partial charge in [-0.25, -0.2) is 4.98 Å². The van der Waals surface area contributed by atoms with E-state index in [1.54, 1.807) is 21.3 Å². The van der Waals surface area contributed by atoms with Crippen molar-refractivity contribution in [3.63, 3.8) is 0 Å². The minimum atomic E-state index is 0.344. The molecule has 0 spiro atoms. The summed E-state index contributed by atoms with van der Waals surface area (Å²) in [5, 5.41) is 16.5. The monoisotopic (exact) mass is 642 g/mol. The van der Waals surface area contributed by atoms with E-state index in [2.05, 4.69) is 26.3 Å². The number of fused-ring (bicyclic) bond motifs is 2. The summed E-state index contributed by atoms with van der Waals surface area (Å²) in [6.07, 6.45) is 6.69. The van der Waals surface area contributed by atoms with E-state index in [0.29, 0.717) is 53.5 Å². The van der Waals surface area contributed by atoms with Gasteiger partial charge in [0.2, 0.25) is 17.8 Å². The van der Waals surface area contributed by atoms with Gasteiger partial charge < -0.3 is 35.5 Å². The summed E-state index contributed by atoms with van der Waals surface area (Å²) in [4.78, 5) is 18.9. The third-order valence-electron chi connectivity index (χ3n) is 8.06. The standard InChI is InChI=1S/C34H39ClN8O3/c1-44-24-11-13-29-28(20-24)31(27-12-10-21(35)16-30(27)40-29)36-14-7-15-37-32-41-33(38-22-8-5-4-6-9-22)43-34(42-32)39-23-17-25(45-2)19-26(18-23)46-3/h10-13,16-20,22H,4-9,14-15H2,1-3H3,(H,36,40)(H3,37,38,39,41,42,43). The van der Waals surface area contributed by atoms with Crippen LogP contribution in [0.2, 0.25) is 5.02 Å². The predicted molar refractivity (Wildman–Crippen MR) is 186 cm³/mol. The highest BCUT2D eigenvalue weighted by molar-refractivity contribution is 6.31. The second kappa shape index (κ2) is 14.6. The third kappa shape index (κ3) is 7.54. The van der Waals surface area contributed by atoms with Crippen molar-refractivity contribution >= 4 is 62.6 Å². The molecule has 46 heavy (non-hydrogen) atoms. The average Bonchev–Trinajstić information content (AvgIpc) is 3.07. The van der Waals surface area contributed by atoms with E-state index in [9.17, 15) is 0 Å². The van der Waals surface area contributed by atoms with Crippen LogP contribution in [0.4, 0.5) is 29.2 Å². The zero-order chi connectivity index (χ0) is 31.9. The Morgan fingerprint density at radius 1 is 0.674 bits per heavy atom. The van der Waals surface area contributed by atoms with E-state index < -0.39 is 0 Å². The van der Waals surface area contributed by atoms with Gasteiger partial charge in [0.1, 0.15) is 17.2 Å². The quantitative estimate of drug-likeness (QED) is 0.0746. The molecular formula is C34H39ClN8O3. The molecule has 1 saturated carbocycles. The van der Waals surface area contributed by atoms with E-state index in [0.717, 1.165) is 58.2 Å². The molecule has 2 aromatic heterocycles. The minimum Gasteiger partial charge on any atom is -0.497 e. The van der Waals surface area contributed by atoms with Gasteiger partial charge in [-0.1, -0.05) is 30.9 Å². The van der Waals surface area contributed by atoms with E-state index in [-0.39, 0.29) is 0 Å². The molecule has 0 unspecified atom stereocenters. The average molecular weight is 643 g/mol. The van der Waals surface area contributed by atoms with Gasteiger partial charge >= 0.3 is 0 Å². The number of benzene rings is 3. The van der Waals surface area contributed by atoms with Gasteiger partial charge in [0, 0.05) is 58.8 Å². The molecular weight excluding hydrogens is 604 g/mol. The number of halogens is 1. The van der Waals surface area contributed by atoms with Crippen LogP contribution in [0.25, 0.3) is 21.8 Å². The molecule has 1 aliphatic rings. The maximum absolute atomic E-state index is 6.30. The summed E-state index contributed by atoms with van der Waals surface area (Å²) in [6, 6.07) is 17.6. The Bertz CT molecular complexity index is 1790. The van der Waals surface area contributed by atoms with E-state index in [1.807, 2.05) is 54.6 Å². The molecule has 11 nitrogen and oxygen atoms in total. The number of hydrogen-bond donors (Lipinski definition) is 4. The molecule has 5 aromatic rings. The van der Waals surface area contributed by atoms with Crippen LogP contribution in [-0.2, 0) is 0 Å². The summed E-state index contributed by atoms with van der Waals surface area (Å²) in [5.74, 6) is 3.56. The van der Waals surface area contributed by atoms with Crippen molar-refractivity contribution in [2.75, 3.05) is 55.7 Å². The fourth-order valence-corrected chi connectivity index (χ4v) is 5.90. The van der Waals surface area contributed by atoms with Crippen molar-refractivity contribution < 1.29 is 14.2 Å². The summed E-state index contributed by atoms with van der Waals surface area (Å²) in [6.45, 7) is 1.34. The van der Waals surface area contributed by atoms with Gasteiger partial charge in [-0.2, -0.15) is 15.0 Å².